The van der Waals surface area contributed by atoms with Gasteiger partial charge in [-0.3, -0.25) is 0 Å². The highest BCUT2D eigenvalue weighted by molar-refractivity contribution is 7.08. The van der Waals surface area contributed by atoms with Gasteiger partial charge in [0.05, 0.1) is 5.92 Å². The van der Waals surface area contributed by atoms with Crippen molar-refractivity contribution in [2.75, 3.05) is 6.54 Å². The summed E-state index contributed by atoms with van der Waals surface area (Å²) in [4.78, 5) is 4.52. The largest absolute Gasteiger partial charge is 0.339 e. The van der Waals surface area contributed by atoms with Gasteiger partial charge in [-0.25, -0.2) is 0 Å². The van der Waals surface area contributed by atoms with Gasteiger partial charge in [0.1, 0.15) is 0 Å². The van der Waals surface area contributed by atoms with E-state index in [0.29, 0.717) is 18.3 Å². The predicted octanol–water partition coefficient (Wildman–Crippen LogP) is 3.59. The summed E-state index contributed by atoms with van der Waals surface area (Å²) in [6, 6.07) is 0. The second kappa shape index (κ2) is 5.43. The molecule has 0 amide bonds. The molecule has 2 aromatic rings. The van der Waals surface area contributed by atoms with Crippen LogP contribution in [0, 0.1) is 12.3 Å². The molecule has 0 aliphatic rings. The fraction of sp³-hybridized carbons (Fsp3) is 0.571. The molecule has 0 aliphatic heterocycles. The van der Waals surface area contributed by atoms with Crippen molar-refractivity contribution in [2.24, 2.45) is 11.1 Å². The SMILES string of the molecule is Cc1cscc1-c1noc(C(CN)CC(C)(C)C)n1. The number of aryl methyl sites for hydroxylation is 1. The van der Waals surface area contributed by atoms with E-state index in [1.54, 1.807) is 11.3 Å². The van der Waals surface area contributed by atoms with Gasteiger partial charge in [0, 0.05) is 17.5 Å². The lowest BCUT2D eigenvalue weighted by atomic mass is 9.84. The summed E-state index contributed by atoms with van der Waals surface area (Å²) in [7, 11) is 0. The molecule has 4 nitrogen and oxygen atoms in total. The van der Waals surface area contributed by atoms with Gasteiger partial charge in [-0.1, -0.05) is 25.9 Å². The Bertz CT molecular complexity index is 539. The summed E-state index contributed by atoms with van der Waals surface area (Å²) >= 11 is 1.65. The van der Waals surface area contributed by atoms with Gasteiger partial charge in [-0.15, -0.1) is 0 Å². The molecular weight excluding hydrogens is 258 g/mol. The third kappa shape index (κ3) is 3.42. The van der Waals surface area contributed by atoms with Crippen LogP contribution in [0.15, 0.2) is 15.3 Å². The Hall–Kier alpha value is -1.20. The van der Waals surface area contributed by atoms with Crippen molar-refractivity contribution in [2.45, 2.75) is 40.0 Å². The molecule has 1 atom stereocenters. The highest BCUT2D eigenvalue weighted by Crippen LogP contribution is 2.31. The molecule has 1 unspecified atom stereocenters. The summed E-state index contributed by atoms with van der Waals surface area (Å²) in [6.45, 7) is 9.15. The van der Waals surface area contributed by atoms with Crippen molar-refractivity contribution in [1.82, 2.24) is 10.1 Å². The Kier molecular flexibility index (Phi) is 4.06. The van der Waals surface area contributed by atoms with Crippen LogP contribution in [0.2, 0.25) is 0 Å². The summed E-state index contributed by atoms with van der Waals surface area (Å²) < 4.78 is 5.41. The van der Waals surface area contributed by atoms with Crippen LogP contribution < -0.4 is 5.73 Å². The third-order valence-corrected chi connectivity index (χ3v) is 3.89. The van der Waals surface area contributed by atoms with E-state index in [-0.39, 0.29) is 11.3 Å². The molecule has 0 fully saturated rings. The van der Waals surface area contributed by atoms with Crippen molar-refractivity contribution in [1.29, 1.82) is 0 Å². The van der Waals surface area contributed by atoms with Crippen molar-refractivity contribution in [3.63, 3.8) is 0 Å². The average Bonchev–Trinajstić information content (AvgIpc) is 2.92. The van der Waals surface area contributed by atoms with Gasteiger partial charge in [0.25, 0.3) is 0 Å². The van der Waals surface area contributed by atoms with Crippen LogP contribution >= 0.6 is 11.3 Å². The zero-order chi connectivity index (χ0) is 14.0. The van der Waals surface area contributed by atoms with Crippen molar-refractivity contribution >= 4 is 11.3 Å². The first kappa shape index (κ1) is 14.2. The van der Waals surface area contributed by atoms with E-state index in [1.807, 2.05) is 5.38 Å². The molecule has 0 radical (unpaired) electrons. The van der Waals surface area contributed by atoms with Gasteiger partial charge in [0.15, 0.2) is 0 Å². The number of aromatic nitrogens is 2. The third-order valence-electron chi connectivity index (χ3n) is 3.03. The summed E-state index contributed by atoms with van der Waals surface area (Å²) in [5.41, 5.74) is 8.26. The average molecular weight is 279 g/mol. The molecule has 0 saturated heterocycles. The standard InChI is InChI=1S/C14H21N3OS/c1-9-7-19-8-11(9)12-16-13(18-17-12)10(6-15)5-14(2,3)4/h7-8,10H,5-6,15H2,1-4H3. The molecule has 0 bridgehead atoms. The Morgan fingerprint density at radius 3 is 2.63 bits per heavy atom. The Balaban J connectivity index is 2.22. The zero-order valence-electron chi connectivity index (χ0n) is 11.9. The lowest BCUT2D eigenvalue weighted by molar-refractivity contribution is 0.287. The van der Waals surface area contributed by atoms with Gasteiger partial charge in [-0.2, -0.15) is 16.3 Å². The van der Waals surface area contributed by atoms with Crippen LogP contribution in [-0.4, -0.2) is 16.7 Å². The summed E-state index contributed by atoms with van der Waals surface area (Å²) in [6.07, 6.45) is 0.938. The summed E-state index contributed by atoms with van der Waals surface area (Å²) in [5.74, 6) is 1.44. The summed E-state index contributed by atoms with van der Waals surface area (Å²) in [5, 5.41) is 8.21. The quantitative estimate of drug-likeness (QED) is 0.929. The topological polar surface area (TPSA) is 64.9 Å². The van der Waals surface area contributed by atoms with E-state index >= 15 is 0 Å². The molecule has 0 aliphatic carbocycles. The second-order valence-corrected chi connectivity index (χ2v) is 6.87. The van der Waals surface area contributed by atoms with Crippen LogP contribution in [-0.2, 0) is 0 Å². The van der Waals surface area contributed by atoms with Crippen molar-refractivity contribution in [3.8, 4) is 11.4 Å². The maximum absolute atomic E-state index is 5.84. The molecule has 2 N–H and O–H groups in total. The molecule has 5 heteroatoms. The number of thiophene rings is 1. The van der Waals surface area contributed by atoms with E-state index in [2.05, 4.69) is 43.2 Å². The maximum atomic E-state index is 5.84. The van der Waals surface area contributed by atoms with Crippen LogP contribution in [0.4, 0.5) is 0 Å². The van der Waals surface area contributed by atoms with Crippen molar-refractivity contribution < 1.29 is 4.52 Å². The number of hydrogen-bond acceptors (Lipinski definition) is 5. The fourth-order valence-corrected chi connectivity index (χ4v) is 2.94. The zero-order valence-corrected chi connectivity index (χ0v) is 12.8. The van der Waals surface area contributed by atoms with Crippen LogP contribution in [0.5, 0.6) is 0 Å². The predicted molar refractivity (Wildman–Crippen MR) is 78.2 cm³/mol. The van der Waals surface area contributed by atoms with E-state index in [0.717, 1.165) is 12.0 Å². The number of nitrogens with two attached hydrogens (primary N) is 1. The molecule has 2 aromatic heterocycles. The molecular formula is C14H21N3OS. The van der Waals surface area contributed by atoms with Crippen LogP contribution in [0.1, 0.15) is 44.6 Å². The van der Waals surface area contributed by atoms with Crippen molar-refractivity contribution in [3.05, 3.63) is 22.2 Å². The molecule has 104 valence electrons. The van der Waals surface area contributed by atoms with Crippen LogP contribution in [0.25, 0.3) is 11.4 Å². The van der Waals surface area contributed by atoms with Crippen LogP contribution in [0.3, 0.4) is 0 Å². The smallest absolute Gasteiger partial charge is 0.231 e. The first-order valence-electron chi connectivity index (χ1n) is 6.47. The highest BCUT2D eigenvalue weighted by atomic mass is 32.1. The second-order valence-electron chi connectivity index (χ2n) is 6.12. The molecule has 19 heavy (non-hydrogen) atoms. The number of hydrogen-bond donors (Lipinski definition) is 1. The minimum absolute atomic E-state index is 0.125. The Labute approximate surface area is 118 Å². The van der Waals surface area contributed by atoms with E-state index in [4.69, 9.17) is 10.3 Å². The molecule has 2 heterocycles. The Morgan fingerprint density at radius 1 is 1.37 bits per heavy atom. The van der Waals surface area contributed by atoms with Gasteiger partial charge >= 0.3 is 0 Å². The first-order valence-corrected chi connectivity index (χ1v) is 7.42. The first-order chi connectivity index (χ1) is 8.90. The molecule has 0 aromatic carbocycles. The van der Waals surface area contributed by atoms with Gasteiger partial charge in [-0.05, 0) is 29.7 Å². The van der Waals surface area contributed by atoms with Gasteiger partial charge in [0.2, 0.25) is 11.7 Å². The normalized spacial score (nSPS) is 13.7. The van der Waals surface area contributed by atoms with E-state index in [1.165, 1.54) is 5.56 Å². The number of rotatable bonds is 4. The molecule has 0 spiro atoms. The Morgan fingerprint density at radius 2 is 2.11 bits per heavy atom. The minimum Gasteiger partial charge on any atom is -0.339 e. The number of nitrogens with zero attached hydrogens (tertiary/aromatic N) is 2. The van der Waals surface area contributed by atoms with E-state index in [9.17, 15) is 0 Å². The minimum atomic E-state index is 0.125. The molecule has 0 saturated carbocycles. The monoisotopic (exact) mass is 279 g/mol. The lowest BCUT2D eigenvalue weighted by Crippen LogP contribution is -2.19. The highest BCUT2D eigenvalue weighted by Gasteiger charge is 2.24. The lowest BCUT2D eigenvalue weighted by Gasteiger charge is -2.22. The van der Waals surface area contributed by atoms with E-state index < -0.39 is 0 Å². The van der Waals surface area contributed by atoms with Gasteiger partial charge < -0.3 is 10.3 Å². The molecule has 2 rings (SSSR count). The maximum Gasteiger partial charge on any atom is 0.231 e. The fourth-order valence-electron chi connectivity index (χ4n) is 2.11.